The molecule has 1 aliphatic carbocycles. The number of benzene rings is 1. The van der Waals surface area contributed by atoms with E-state index in [9.17, 15) is 35.1 Å². The summed E-state index contributed by atoms with van der Waals surface area (Å²) in [6, 6.07) is 0. The van der Waals surface area contributed by atoms with Gasteiger partial charge in [-0.1, -0.05) is 27.7 Å². The Hall–Kier alpha value is -1.68. The molecule has 5 atom stereocenters. The van der Waals surface area contributed by atoms with E-state index in [2.05, 4.69) is 0 Å². The number of rotatable bonds is 5. The van der Waals surface area contributed by atoms with Crippen LogP contribution in [0, 0.1) is 0 Å². The molecular formula is C22H30O8. The second kappa shape index (κ2) is 7.78. The first-order chi connectivity index (χ1) is 14.1. The molecule has 8 heteroatoms. The minimum atomic E-state index is -3.13. The van der Waals surface area contributed by atoms with E-state index < -0.39 is 47.9 Å². The van der Waals surface area contributed by atoms with Gasteiger partial charge in [-0.05, 0) is 47.9 Å². The Morgan fingerprint density at radius 2 is 1.23 bits per heavy atom. The van der Waals surface area contributed by atoms with E-state index in [-0.39, 0.29) is 11.1 Å². The lowest BCUT2D eigenvalue weighted by Gasteiger charge is -2.53. The maximum Gasteiger partial charge on any atom is 0.272 e. The van der Waals surface area contributed by atoms with Gasteiger partial charge in [0.1, 0.15) is 18.3 Å². The summed E-state index contributed by atoms with van der Waals surface area (Å²) in [5, 5.41) is 52.7. The predicted molar refractivity (Wildman–Crippen MR) is 106 cm³/mol. The van der Waals surface area contributed by atoms with Crippen LogP contribution in [0.4, 0.5) is 0 Å². The van der Waals surface area contributed by atoms with Crippen LogP contribution in [0.3, 0.4) is 0 Å². The highest BCUT2D eigenvalue weighted by Crippen LogP contribution is 2.48. The molecule has 1 aromatic rings. The molecule has 1 aromatic carbocycles. The second-order valence-electron chi connectivity index (χ2n) is 7.92. The number of ether oxygens (including phenoxy) is 1. The molecule has 1 heterocycles. The van der Waals surface area contributed by atoms with Crippen LogP contribution in [0.5, 0.6) is 0 Å². The smallest absolute Gasteiger partial charge is 0.272 e. The Morgan fingerprint density at radius 1 is 0.800 bits per heavy atom. The number of ketones is 2. The average Bonchev–Trinajstić information content (AvgIpc) is 2.75. The fourth-order valence-corrected chi connectivity index (χ4v) is 5.15. The zero-order valence-electron chi connectivity index (χ0n) is 17.7. The van der Waals surface area contributed by atoms with E-state index in [1.54, 1.807) is 0 Å². The van der Waals surface area contributed by atoms with Crippen molar-refractivity contribution >= 4 is 11.6 Å². The highest BCUT2D eigenvalue weighted by atomic mass is 16.7. The number of carbonyl (C=O) groups is 2. The van der Waals surface area contributed by atoms with Gasteiger partial charge in [-0.2, -0.15) is 0 Å². The normalized spacial score (nSPS) is 33.4. The van der Waals surface area contributed by atoms with E-state index in [0.29, 0.717) is 36.8 Å². The van der Waals surface area contributed by atoms with Crippen LogP contribution in [0.1, 0.15) is 70.7 Å². The van der Waals surface area contributed by atoms with Gasteiger partial charge in [0.2, 0.25) is 17.2 Å². The van der Waals surface area contributed by atoms with Crippen molar-refractivity contribution in [2.45, 2.75) is 83.1 Å². The van der Waals surface area contributed by atoms with Gasteiger partial charge in [0.15, 0.2) is 0 Å². The molecule has 3 rings (SSSR count). The van der Waals surface area contributed by atoms with Gasteiger partial charge in [-0.25, -0.2) is 0 Å². The van der Waals surface area contributed by atoms with E-state index in [1.807, 2.05) is 27.7 Å². The van der Waals surface area contributed by atoms with E-state index >= 15 is 0 Å². The number of aliphatic hydroxyl groups is 5. The maximum atomic E-state index is 13.6. The fraction of sp³-hybridized carbons (Fsp3) is 0.636. The third kappa shape index (κ3) is 2.62. The summed E-state index contributed by atoms with van der Waals surface area (Å²) < 4.78 is 5.23. The molecule has 5 N–H and O–H groups in total. The van der Waals surface area contributed by atoms with Crippen molar-refractivity contribution in [1.82, 2.24) is 0 Å². The molecule has 0 aromatic heterocycles. The van der Waals surface area contributed by atoms with Crippen molar-refractivity contribution < 1.29 is 39.9 Å². The van der Waals surface area contributed by atoms with Crippen molar-refractivity contribution in [3.05, 3.63) is 33.4 Å². The molecule has 0 amide bonds. The molecule has 0 spiro atoms. The van der Waals surface area contributed by atoms with Gasteiger partial charge in [0.05, 0.1) is 6.61 Å². The Kier molecular flexibility index (Phi) is 5.96. The topological polar surface area (TPSA) is 145 Å². The van der Waals surface area contributed by atoms with E-state index in [1.165, 1.54) is 0 Å². The van der Waals surface area contributed by atoms with Gasteiger partial charge >= 0.3 is 0 Å². The van der Waals surface area contributed by atoms with Crippen molar-refractivity contribution in [2.75, 3.05) is 6.61 Å². The van der Waals surface area contributed by atoms with E-state index in [4.69, 9.17) is 4.74 Å². The summed E-state index contributed by atoms with van der Waals surface area (Å²) in [5.74, 6) is -5.24. The quantitative estimate of drug-likeness (QED) is 0.441. The SMILES string of the molecule is CCc1c(CC)c(CC)c2c(c1CC)C(=O)C1(O)O[C@H](CO)[C@@H](O)[C@H](O)[C@@]1(O)C2=O. The summed E-state index contributed by atoms with van der Waals surface area (Å²) in [7, 11) is 0. The summed E-state index contributed by atoms with van der Waals surface area (Å²) in [4.78, 5) is 27.2. The monoisotopic (exact) mass is 422 g/mol. The summed E-state index contributed by atoms with van der Waals surface area (Å²) in [5.41, 5.74) is -0.137. The molecule has 166 valence electrons. The zero-order valence-corrected chi connectivity index (χ0v) is 17.7. The highest BCUT2D eigenvalue weighted by molar-refractivity contribution is 6.23. The largest absolute Gasteiger partial charge is 0.394 e. The first-order valence-electron chi connectivity index (χ1n) is 10.5. The van der Waals surface area contributed by atoms with Crippen LogP contribution < -0.4 is 0 Å². The van der Waals surface area contributed by atoms with Crippen LogP contribution in [-0.4, -0.2) is 73.4 Å². The molecule has 1 unspecified atom stereocenters. The first kappa shape index (κ1) is 23.0. The highest BCUT2D eigenvalue weighted by Gasteiger charge is 2.73. The number of hydrogen-bond acceptors (Lipinski definition) is 8. The van der Waals surface area contributed by atoms with Crippen LogP contribution in [-0.2, 0) is 30.4 Å². The minimum Gasteiger partial charge on any atom is -0.394 e. The van der Waals surface area contributed by atoms with Gasteiger partial charge in [-0.3, -0.25) is 9.59 Å². The Morgan fingerprint density at radius 3 is 1.63 bits per heavy atom. The third-order valence-corrected chi connectivity index (χ3v) is 6.62. The number of hydrogen-bond donors (Lipinski definition) is 5. The van der Waals surface area contributed by atoms with Crippen LogP contribution in [0.2, 0.25) is 0 Å². The van der Waals surface area contributed by atoms with Crippen molar-refractivity contribution in [2.24, 2.45) is 0 Å². The molecule has 0 bridgehead atoms. The van der Waals surface area contributed by atoms with Crippen molar-refractivity contribution in [1.29, 1.82) is 0 Å². The molecule has 0 saturated carbocycles. The number of Topliss-reactive ketones (excluding diaryl/α,β-unsaturated/α-hetero) is 2. The van der Waals surface area contributed by atoms with Gasteiger partial charge in [-0.15, -0.1) is 0 Å². The van der Waals surface area contributed by atoms with Gasteiger partial charge in [0, 0.05) is 11.1 Å². The zero-order chi connectivity index (χ0) is 22.6. The Balaban J connectivity index is 2.45. The molecule has 0 radical (unpaired) electrons. The molecule has 30 heavy (non-hydrogen) atoms. The van der Waals surface area contributed by atoms with Crippen molar-refractivity contribution in [3.63, 3.8) is 0 Å². The molecule has 1 fully saturated rings. The lowest BCUT2D eigenvalue weighted by Crippen LogP contribution is -2.80. The number of fused-ring (bicyclic) bond motifs is 2. The third-order valence-electron chi connectivity index (χ3n) is 6.62. The predicted octanol–water partition coefficient (Wildman–Crippen LogP) is -0.152. The van der Waals surface area contributed by atoms with Crippen LogP contribution in [0.25, 0.3) is 0 Å². The molecule has 8 nitrogen and oxygen atoms in total. The Bertz CT molecular complexity index is 894. The van der Waals surface area contributed by atoms with Crippen molar-refractivity contribution in [3.8, 4) is 0 Å². The minimum absolute atomic E-state index is 0.0131. The summed E-state index contributed by atoms with van der Waals surface area (Å²) >= 11 is 0. The fourth-order valence-electron chi connectivity index (χ4n) is 5.15. The molecule has 1 aliphatic heterocycles. The standard InChI is InChI=1S/C22H30O8/c1-5-10-11(6-2)13(8-4)16-15(12(10)7-3)18(25)21(28)20(27)17(24)14(9-23)30-22(21,29)19(16)26/h14,17,20,23-24,27-29H,5-9H2,1-4H3/t14-,17-,20+,21+,22?/m1/s1. The summed E-state index contributed by atoms with van der Waals surface area (Å²) in [6.07, 6.45) is -3.65. The van der Waals surface area contributed by atoms with Crippen LogP contribution in [0.15, 0.2) is 0 Å². The number of aliphatic hydroxyl groups excluding tert-OH is 3. The number of carbonyl (C=O) groups excluding carboxylic acids is 2. The van der Waals surface area contributed by atoms with Crippen LogP contribution >= 0.6 is 0 Å². The lowest BCUT2D eigenvalue weighted by molar-refractivity contribution is -0.346. The maximum absolute atomic E-state index is 13.6. The Labute approximate surface area is 175 Å². The van der Waals surface area contributed by atoms with Gasteiger partial charge < -0.3 is 30.3 Å². The molecule has 1 saturated heterocycles. The molecule has 2 aliphatic rings. The summed E-state index contributed by atoms with van der Waals surface area (Å²) in [6.45, 7) is 6.71. The van der Waals surface area contributed by atoms with E-state index in [0.717, 1.165) is 11.1 Å². The second-order valence-corrected chi connectivity index (χ2v) is 7.92. The molecular weight excluding hydrogens is 392 g/mol. The average molecular weight is 422 g/mol. The lowest BCUT2D eigenvalue weighted by atomic mass is 9.64. The van der Waals surface area contributed by atoms with Gasteiger partial charge in [0.25, 0.3) is 5.79 Å². The first-order valence-corrected chi connectivity index (χ1v) is 10.5.